The number of carboxylic acid groups (broad SMARTS) is 1. The van der Waals surface area contributed by atoms with Gasteiger partial charge in [0, 0.05) is 5.69 Å². The molecule has 5 rings (SSSR count). The first-order chi connectivity index (χ1) is 15.2. The van der Waals surface area contributed by atoms with Gasteiger partial charge >= 0.3 is 5.97 Å². The molecule has 0 spiro atoms. The van der Waals surface area contributed by atoms with Gasteiger partial charge in [0.1, 0.15) is 11.5 Å². The molecule has 3 aromatic carbocycles. The normalized spacial score (nSPS) is 15.9. The summed E-state index contributed by atoms with van der Waals surface area (Å²) in [6, 6.07) is 31.3. The maximum atomic E-state index is 11.9. The van der Waals surface area contributed by atoms with Crippen molar-refractivity contribution >= 4 is 5.97 Å². The summed E-state index contributed by atoms with van der Waals surface area (Å²) in [6.07, 6.45) is 4.13. The highest BCUT2D eigenvalue weighted by molar-refractivity contribution is 5.76. The SMILES string of the molecule is O=C(O)C1CCCc2c1ncn2C(c1ccccc1)(c1ccccc1)c1ccccc1. The van der Waals surface area contributed by atoms with Crippen LogP contribution in [-0.4, -0.2) is 20.6 Å². The molecule has 4 aromatic rings. The number of hydrogen-bond acceptors (Lipinski definition) is 2. The molecule has 1 aromatic heterocycles. The van der Waals surface area contributed by atoms with E-state index in [0.717, 1.165) is 35.2 Å². The Morgan fingerprint density at radius 1 is 0.839 bits per heavy atom. The summed E-state index contributed by atoms with van der Waals surface area (Å²) < 4.78 is 2.22. The van der Waals surface area contributed by atoms with E-state index < -0.39 is 17.4 Å². The molecule has 0 radical (unpaired) electrons. The van der Waals surface area contributed by atoms with Crippen LogP contribution in [0, 0.1) is 0 Å². The average Bonchev–Trinajstić information content (AvgIpc) is 3.26. The molecule has 1 unspecified atom stereocenters. The minimum absolute atomic E-state index is 0.551. The van der Waals surface area contributed by atoms with Crippen LogP contribution in [0.4, 0.5) is 0 Å². The van der Waals surface area contributed by atoms with Gasteiger partial charge in [-0.15, -0.1) is 0 Å². The molecular weight excluding hydrogens is 384 g/mol. The monoisotopic (exact) mass is 408 g/mol. The fraction of sp³-hybridized carbons (Fsp3) is 0.185. The number of fused-ring (bicyclic) bond motifs is 1. The van der Waals surface area contributed by atoms with Crippen LogP contribution >= 0.6 is 0 Å². The van der Waals surface area contributed by atoms with Crippen molar-refractivity contribution in [2.75, 3.05) is 0 Å². The number of benzene rings is 3. The highest BCUT2D eigenvalue weighted by atomic mass is 16.4. The quantitative estimate of drug-likeness (QED) is 0.460. The zero-order chi connectivity index (χ0) is 21.3. The van der Waals surface area contributed by atoms with Gasteiger partial charge in [-0.05, 0) is 36.0 Å². The number of imidazole rings is 1. The lowest BCUT2D eigenvalue weighted by Crippen LogP contribution is -2.39. The number of carboxylic acids is 1. The highest BCUT2D eigenvalue weighted by Gasteiger charge is 2.42. The van der Waals surface area contributed by atoms with E-state index in [1.54, 1.807) is 0 Å². The zero-order valence-corrected chi connectivity index (χ0v) is 17.2. The van der Waals surface area contributed by atoms with Gasteiger partial charge in [0.05, 0.1) is 12.0 Å². The second-order valence-electron chi connectivity index (χ2n) is 8.04. The van der Waals surface area contributed by atoms with Crippen molar-refractivity contribution in [2.24, 2.45) is 0 Å². The summed E-state index contributed by atoms with van der Waals surface area (Å²) in [5.74, 6) is -1.35. The third-order valence-electron chi connectivity index (χ3n) is 6.37. The molecule has 0 saturated heterocycles. The minimum atomic E-state index is -0.795. The summed E-state index contributed by atoms with van der Waals surface area (Å²) in [4.78, 5) is 16.6. The lowest BCUT2D eigenvalue weighted by Gasteiger charge is -2.39. The van der Waals surface area contributed by atoms with E-state index >= 15 is 0 Å². The second kappa shape index (κ2) is 7.88. The van der Waals surface area contributed by atoms with Gasteiger partial charge in [0.15, 0.2) is 0 Å². The second-order valence-corrected chi connectivity index (χ2v) is 8.04. The summed E-state index contributed by atoms with van der Waals surface area (Å²) in [5.41, 5.74) is 4.41. The first-order valence-corrected chi connectivity index (χ1v) is 10.7. The number of hydrogen-bond donors (Lipinski definition) is 1. The van der Waals surface area contributed by atoms with Crippen molar-refractivity contribution in [1.29, 1.82) is 0 Å². The lowest BCUT2D eigenvalue weighted by molar-refractivity contribution is -0.139. The van der Waals surface area contributed by atoms with Gasteiger partial charge in [0.25, 0.3) is 0 Å². The van der Waals surface area contributed by atoms with Crippen molar-refractivity contribution in [2.45, 2.75) is 30.7 Å². The van der Waals surface area contributed by atoms with Gasteiger partial charge in [-0.1, -0.05) is 91.0 Å². The van der Waals surface area contributed by atoms with Crippen LogP contribution in [0.3, 0.4) is 0 Å². The first kappa shape index (κ1) is 19.3. The summed E-state index contributed by atoms with van der Waals surface area (Å²) in [5, 5.41) is 9.80. The fourth-order valence-corrected chi connectivity index (χ4v) is 5.02. The van der Waals surface area contributed by atoms with Crippen LogP contribution in [0.2, 0.25) is 0 Å². The van der Waals surface area contributed by atoms with Gasteiger partial charge < -0.3 is 9.67 Å². The Morgan fingerprint density at radius 2 is 1.32 bits per heavy atom. The Kier molecular flexibility index (Phi) is 4.91. The molecule has 31 heavy (non-hydrogen) atoms. The Labute approximate surface area is 181 Å². The number of carbonyl (C=O) groups is 1. The van der Waals surface area contributed by atoms with Crippen molar-refractivity contribution in [3.63, 3.8) is 0 Å². The number of aliphatic carboxylic acids is 1. The predicted molar refractivity (Wildman–Crippen MR) is 120 cm³/mol. The number of rotatable bonds is 5. The van der Waals surface area contributed by atoms with E-state index in [0.29, 0.717) is 12.1 Å². The van der Waals surface area contributed by atoms with E-state index in [1.165, 1.54) is 0 Å². The predicted octanol–water partition coefficient (Wildman–Crippen LogP) is 5.23. The van der Waals surface area contributed by atoms with Crippen molar-refractivity contribution in [3.05, 3.63) is 125 Å². The van der Waals surface area contributed by atoms with Crippen LogP contribution in [0.5, 0.6) is 0 Å². The van der Waals surface area contributed by atoms with Crippen molar-refractivity contribution < 1.29 is 9.90 Å². The average molecular weight is 409 g/mol. The number of nitrogens with zero attached hydrogens (tertiary/aromatic N) is 2. The van der Waals surface area contributed by atoms with Crippen LogP contribution < -0.4 is 0 Å². The Morgan fingerprint density at radius 3 is 1.77 bits per heavy atom. The maximum Gasteiger partial charge on any atom is 0.312 e. The molecular formula is C27H24N2O2. The van der Waals surface area contributed by atoms with E-state index in [1.807, 2.05) is 24.5 Å². The molecule has 1 aliphatic carbocycles. The van der Waals surface area contributed by atoms with E-state index in [9.17, 15) is 9.90 Å². The van der Waals surface area contributed by atoms with Crippen molar-refractivity contribution in [3.8, 4) is 0 Å². The molecule has 154 valence electrons. The molecule has 0 amide bonds. The third-order valence-corrected chi connectivity index (χ3v) is 6.37. The third kappa shape index (κ3) is 3.07. The molecule has 1 atom stereocenters. The van der Waals surface area contributed by atoms with Gasteiger partial charge in [-0.25, -0.2) is 4.98 Å². The van der Waals surface area contributed by atoms with E-state index in [4.69, 9.17) is 0 Å². The lowest BCUT2D eigenvalue weighted by atomic mass is 9.76. The maximum absolute atomic E-state index is 11.9. The van der Waals surface area contributed by atoms with Crippen LogP contribution in [0.25, 0.3) is 0 Å². The summed E-state index contributed by atoms with van der Waals surface area (Å²) in [7, 11) is 0. The largest absolute Gasteiger partial charge is 0.481 e. The molecule has 4 heteroatoms. The molecule has 4 nitrogen and oxygen atoms in total. The van der Waals surface area contributed by atoms with Crippen LogP contribution in [-0.2, 0) is 16.8 Å². The molecule has 1 aliphatic rings. The van der Waals surface area contributed by atoms with Gasteiger partial charge in [-0.2, -0.15) is 0 Å². The molecule has 0 fully saturated rings. The van der Waals surface area contributed by atoms with Crippen molar-refractivity contribution in [1.82, 2.24) is 9.55 Å². The smallest absolute Gasteiger partial charge is 0.312 e. The Hall–Kier alpha value is -3.66. The topological polar surface area (TPSA) is 55.1 Å². The minimum Gasteiger partial charge on any atom is -0.481 e. The number of aromatic nitrogens is 2. The molecule has 0 saturated carbocycles. The molecule has 1 heterocycles. The fourth-order valence-electron chi connectivity index (χ4n) is 5.02. The Balaban J connectivity index is 1.88. The molecule has 0 aliphatic heterocycles. The summed E-state index contributed by atoms with van der Waals surface area (Å²) in [6.45, 7) is 0. The standard InChI is InChI=1S/C27H24N2O2/c30-26(31)23-17-10-18-24-25(23)28-19-29(24)27(20-11-4-1-5-12-20,21-13-6-2-7-14-21)22-15-8-3-9-16-22/h1-9,11-16,19,23H,10,17-18H2,(H,30,31). The molecule has 0 bridgehead atoms. The molecule has 1 N–H and O–H groups in total. The summed E-state index contributed by atoms with van der Waals surface area (Å²) >= 11 is 0. The van der Waals surface area contributed by atoms with Crippen LogP contribution in [0.15, 0.2) is 97.3 Å². The first-order valence-electron chi connectivity index (χ1n) is 10.7. The Bertz CT molecular complexity index is 1090. The van der Waals surface area contributed by atoms with Gasteiger partial charge in [0.2, 0.25) is 0 Å². The van der Waals surface area contributed by atoms with E-state index in [2.05, 4.69) is 82.3 Å². The zero-order valence-electron chi connectivity index (χ0n) is 17.2. The van der Waals surface area contributed by atoms with E-state index in [-0.39, 0.29) is 0 Å². The highest BCUT2D eigenvalue weighted by Crippen LogP contribution is 2.44. The van der Waals surface area contributed by atoms with Crippen LogP contribution in [0.1, 0.15) is 46.8 Å². The van der Waals surface area contributed by atoms with Gasteiger partial charge in [-0.3, -0.25) is 4.79 Å².